The molecule has 4 heteroatoms. The van der Waals surface area contributed by atoms with Gasteiger partial charge in [0, 0.05) is 24.0 Å². The molecular formula is C18H25N3O. The fraction of sp³-hybridized carbons (Fsp3) is 0.556. The molecule has 1 fully saturated rings. The summed E-state index contributed by atoms with van der Waals surface area (Å²) in [6.45, 7) is 6.26. The lowest BCUT2D eigenvalue weighted by atomic mass is 9.95. The largest absolute Gasteiger partial charge is 0.349 e. The molecule has 4 nitrogen and oxygen atoms in total. The molecule has 0 radical (unpaired) electrons. The van der Waals surface area contributed by atoms with E-state index in [1.54, 1.807) is 6.08 Å². The summed E-state index contributed by atoms with van der Waals surface area (Å²) in [7, 11) is 0. The molecule has 22 heavy (non-hydrogen) atoms. The molecule has 0 unspecified atom stereocenters. The highest BCUT2D eigenvalue weighted by molar-refractivity contribution is 6.01. The van der Waals surface area contributed by atoms with Gasteiger partial charge in [-0.15, -0.1) is 0 Å². The normalized spacial score (nSPS) is 16.6. The van der Waals surface area contributed by atoms with Crippen molar-refractivity contribution < 1.29 is 4.79 Å². The van der Waals surface area contributed by atoms with Crippen LogP contribution in [0, 0.1) is 18.3 Å². The third-order valence-corrected chi connectivity index (χ3v) is 4.24. The van der Waals surface area contributed by atoms with Crippen molar-refractivity contribution in [1.29, 1.82) is 5.26 Å². The Morgan fingerprint density at radius 1 is 1.41 bits per heavy atom. The third kappa shape index (κ3) is 4.00. The third-order valence-electron chi connectivity index (χ3n) is 4.24. The molecule has 0 saturated heterocycles. The van der Waals surface area contributed by atoms with Gasteiger partial charge in [-0.05, 0) is 51.3 Å². The lowest BCUT2D eigenvalue weighted by Gasteiger charge is -2.22. The molecule has 118 valence electrons. The second kappa shape index (κ2) is 7.31. The van der Waals surface area contributed by atoms with E-state index in [0.717, 1.165) is 36.9 Å². The smallest absolute Gasteiger partial charge is 0.262 e. The van der Waals surface area contributed by atoms with E-state index in [9.17, 15) is 10.1 Å². The number of aryl methyl sites for hydroxylation is 1. The van der Waals surface area contributed by atoms with Gasteiger partial charge in [-0.1, -0.05) is 19.3 Å². The van der Waals surface area contributed by atoms with Crippen LogP contribution in [0.25, 0.3) is 6.08 Å². The molecular weight excluding hydrogens is 274 g/mol. The highest BCUT2D eigenvalue weighted by Crippen LogP contribution is 2.19. The number of aromatic nitrogens is 1. The number of carbonyl (C=O) groups excluding carboxylic acids is 1. The number of amides is 1. The van der Waals surface area contributed by atoms with Crippen molar-refractivity contribution in [2.45, 2.75) is 65.0 Å². The second-order valence-corrected chi connectivity index (χ2v) is 6.39. The Hall–Kier alpha value is -2.02. The van der Waals surface area contributed by atoms with Crippen LogP contribution in [0.3, 0.4) is 0 Å². The van der Waals surface area contributed by atoms with Gasteiger partial charge in [-0.25, -0.2) is 0 Å². The second-order valence-electron chi connectivity index (χ2n) is 6.39. The van der Waals surface area contributed by atoms with E-state index in [1.807, 2.05) is 25.3 Å². The number of rotatable bonds is 4. The Balaban J connectivity index is 2.11. The molecule has 2 rings (SSSR count). The number of carbonyl (C=O) groups is 1. The predicted octanol–water partition coefficient (Wildman–Crippen LogP) is 3.73. The maximum Gasteiger partial charge on any atom is 0.262 e. The first kappa shape index (κ1) is 16.4. The fourth-order valence-electron chi connectivity index (χ4n) is 3.08. The summed E-state index contributed by atoms with van der Waals surface area (Å²) in [6.07, 6.45) is 9.28. The first-order valence-corrected chi connectivity index (χ1v) is 8.12. The van der Waals surface area contributed by atoms with Gasteiger partial charge < -0.3 is 9.88 Å². The summed E-state index contributed by atoms with van der Waals surface area (Å²) in [5.41, 5.74) is 2.22. The molecule has 1 aliphatic rings. The average molecular weight is 299 g/mol. The minimum atomic E-state index is -0.246. The first-order valence-electron chi connectivity index (χ1n) is 8.12. The van der Waals surface area contributed by atoms with Crippen LogP contribution in [0.1, 0.15) is 63.3 Å². The van der Waals surface area contributed by atoms with Crippen molar-refractivity contribution in [2.24, 2.45) is 0 Å². The van der Waals surface area contributed by atoms with E-state index in [4.69, 9.17) is 0 Å². The molecule has 0 spiro atoms. The molecule has 0 aromatic carbocycles. The zero-order chi connectivity index (χ0) is 16.1. The molecule has 1 aromatic heterocycles. The van der Waals surface area contributed by atoms with Crippen molar-refractivity contribution in [3.63, 3.8) is 0 Å². The van der Waals surface area contributed by atoms with Crippen LogP contribution in [0.2, 0.25) is 0 Å². The lowest BCUT2D eigenvalue weighted by molar-refractivity contribution is -0.117. The molecule has 1 aromatic rings. The van der Waals surface area contributed by atoms with Gasteiger partial charge in [0.25, 0.3) is 5.91 Å². The van der Waals surface area contributed by atoms with Gasteiger partial charge in [-0.2, -0.15) is 5.26 Å². The standard InChI is InChI=1S/C18H25N3O/c1-13(2)21-12-15(9-14(21)3)10-16(11-19)18(22)20-17-7-5-4-6-8-17/h9-10,12-13,17H,4-8H2,1-3H3,(H,20,22)/b16-10+. The molecule has 1 aliphatic carbocycles. The molecule has 1 saturated carbocycles. The Labute approximate surface area is 132 Å². The average Bonchev–Trinajstić information content (AvgIpc) is 2.86. The van der Waals surface area contributed by atoms with Gasteiger partial charge in [0.15, 0.2) is 0 Å². The zero-order valence-electron chi connectivity index (χ0n) is 13.7. The van der Waals surface area contributed by atoms with E-state index in [-0.39, 0.29) is 17.5 Å². The van der Waals surface area contributed by atoms with E-state index in [2.05, 4.69) is 23.7 Å². The monoisotopic (exact) mass is 299 g/mol. The van der Waals surface area contributed by atoms with Crippen LogP contribution in [0.5, 0.6) is 0 Å². The SMILES string of the molecule is Cc1cc(/C=C(\C#N)C(=O)NC2CCCCC2)cn1C(C)C. The van der Waals surface area contributed by atoms with Crippen LogP contribution >= 0.6 is 0 Å². The highest BCUT2D eigenvalue weighted by atomic mass is 16.1. The Kier molecular flexibility index (Phi) is 5.43. The van der Waals surface area contributed by atoms with Gasteiger partial charge in [0.1, 0.15) is 11.6 Å². The zero-order valence-corrected chi connectivity index (χ0v) is 13.7. The van der Waals surface area contributed by atoms with Crippen molar-refractivity contribution in [3.8, 4) is 6.07 Å². The maximum absolute atomic E-state index is 12.3. The van der Waals surface area contributed by atoms with Gasteiger partial charge in [0.2, 0.25) is 0 Å². The van der Waals surface area contributed by atoms with Crippen LogP contribution < -0.4 is 5.32 Å². The van der Waals surface area contributed by atoms with Gasteiger partial charge in [-0.3, -0.25) is 4.79 Å². The van der Waals surface area contributed by atoms with Crippen LogP contribution in [0.15, 0.2) is 17.8 Å². The van der Waals surface area contributed by atoms with Crippen molar-refractivity contribution in [3.05, 3.63) is 29.1 Å². The minimum absolute atomic E-state index is 0.187. The first-order chi connectivity index (χ1) is 10.5. The van der Waals surface area contributed by atoms with Crippen molar-refractivity contribution in [1.82, 2.24) is 9.88 Å². The van der Waals surface area contributed by atoms with Crippen LogP contribution in [0.4, 0.5) is 0 Å². The summed E-state index contributed by atoms with van der Waals surface area (Å²) in [5, 5.41) is 12.3. The fourth-order valence-corrected chi connectivity index (χ4v) is 3.08. The van der Waals surface area contributed by atoms with Crippen molar-refractivity contribution >= 4 is 12.0 Å². The molecule has 1 amide bonds. The van der Waals surface area contributed by atoms with Crippen molar-refractivity contribution in [2.75, 3.05) is 0 Å². The van der Waals surface area contributed by atoms with E-state index in [1.165, 1.54) is 6.42 Å². The Morgan fingerprint density at radius 2 is 2.09 bits per heavy atom. The molecule has 1 N–H and O–H groups in total. The Morgan fingerprint density at radius 3 is 2.64 bits per heavy atom. The van der Waals surface area contributed by atoms with Crippen LogP contribution in [-0.2, 0) is 4.79 Å². The van der Waals surface area contributed by atoms with E-state index in [0.29, 0.717) is 6.04 Å². The molecule has 0 bridgehead atoms. The van der Waals surface area contributed by atoms with E-state index >= 15 is 0 Å². The number of hydrogen-bond acceptors (Lipinski definition) is 2. The Bertz CT molecular complexity index is 598. The number of nitrogens with zero attached hydrogens (tertiary/aromatic N) is 2. The number of nitrogens with one attached hydrogen (secondary N) is 1. The summed E-state index contributed by atoms with van der Waals surface area (Å²) in [5.74, 6) is -0.246. The topological polar surface area (TPSA) is 57.8 Å². The summed E-state index contributed by atoms with van der Waals surface area (Å²) in [4.78, 5) is 12.3. The summed E-state index contributed by atoms with van der Waals surface area (Å²) >= 11 is 0. The molecule has 1 heterocycles. The van der Waals surface area contributed by atoms with Gasteiger partial charge in [0.05, 0.1) is 0 Å². The quantitative estimate of drug-likeness (QED) is 0.680. The number of hydrogen-bond donors (Lipinski definition) is 1. The highest BCUT2D eigenvalue weighted by Gasteiger charge is 2.18. The summed E-state index contributed by atoms with van der Waals surface area (Å²) in [6, 6.07) is 4.63. The molecule has 0 atom stereocenters. The lowest BCUT2D eigenvalue weighted by Crippen LogP contribution is -2.36. The van der Waals surface area contributed by atoms with Crippen LogP contribution in [-0.4, -0.2) is 16.5 Å². The molecule has 0 aliphatic heterocycles. The maximum atomic E-state index is 12.3. The number of nitriles is 1. The minimum Gasteiger partial charge on any atom is -0.349 e. The predicted molar refractivity (Wildman–Crippen MR) is 88.2 cm³/mol. The van der Waals surface area contributed by atoms with E-state index < -0.39 is 0 Å². The van der Waals surface area contributed by atoms with Gasteiger partial charge >= 0.3 is 0 Å². The summed E-state index contributed by atoms with van der Waals surface area (Å²) < 4.78 is 2.14.